The molecule has 0 amide bonds. The van der Waals surface area contributed by atoms with Gasteiger partial charge in [-0.05, 0) is 5.56 Å². The van der Waals surface area contributed by atoms with Gasteiger partial charge >= 0.3 is 0 Å². The average Bonchev–Trinajstić information content (AvgIpc) is 3.17. The maximum absolute atomic E-state index is 5.86. The summed E-state index contributed by atoms with van der Waals surface area (Å²) >= 11 is 0. The number of hydrogen-bond acceptors (Lipinski definition) is 5. The normalized spacial score (nSPS) is 19.8. The Morgan fingerprint density at radius 3 is 3.23 bits per heavy atom. The summed E-state index contributed by atoms with van der Waals surface area (Å²) in [5.41, 5.74) is 2.37. The van der Waals surface area contributed by atoms with E-state index < -0.39 is 0 Å². The first-order valence-corrected chi connectivity index (χ1v) is 7.40. The molecule has 2 aromatic heterocycles. The summed E-state index contributed by atoms with van der Waals surface area (Å²) in [6.07, 6.45) is 3.55. The number of fused-ring (bicyclic) bond motifs is 1. The van der Waals surface area contributed by atoms with Crippen LogP contribution >= 0.6 is 0 Å². The number of hydrogen-bond donors (Lipinski definition) is 1. The Morgan fingerprint density at radius 2 is 2.36 bits per heavy atom. The van der Waals surface area contributed by atoms with E-state index in [0.717, 1.165) is 36.4 Å². The molecule has 0 saturated carbocycles. The van der Waals surface area contributed by atoms with Crippen LogP contribution in [0.3, 0.4) is 0 Å². The first-order valence-electron chi connectivity index (χ1n) is 7.40. The van der Waals surface area contributed by atoms with Crippen LogP contribution in [0.25, 0.3) is 10.9 Å². The molecule has 114 valence electrons. The number of H-pyrrole nitrogens is 1. The first kappa shape index (κ1) is 13.4. The van der Waals surface area contributed by atoms with Gasteiger partial charge in [0, 0.05) is 32.1 Å². The number of morpholine rings is 1. The van der Waals surface area contributed by atoms with Crippen molar-refractivity contribution in [1.29, 1.82) is 0 Å². The Hall–Kier alpha value is -2.25. The van der Waals surface area contributed by atoms with E-state index in [4.69, 9.17) is 4.74 Å². The first-order chi connectivity index (χ1) is 10.8. The monoisotopic (exact) mass is 298 g/mol. The third-order valence-corrected chi connectivity index (χ3v) is 4.14. The fourth-order valence-corrected chi connectivity index (χ4v) is 2.99. The van der Waals surface area contributed by atoms with Gasteiger partial charge in [-0.1, -0.05) is 18.2 Å². The van der Waals surface area contributed by atoms with Crippen LogP contribution in [0.4, 0.5) is 0 Å². The van der Waals surface area contributed by atoms with E-state index in [-0.39, 0.29) is 6.10 Å². The van der Waals surface area contributed by atoms with Crippen molar-refractivity contribution in [2.24, 2.45) is 7.05 Å². The fraction of sp³-hybridized carbons (Fsp3) is 0.400. The van der Waals surface area contributed by atoms with Gasteiger partial charge in [0.25, 0.3) is 0 Å². The van der Waals surface area contributed by atoms with Crippen LogP contribution in [0.5, 0.6) is 0 Å². The van der Waals surface area contributed by atoms with Crippen LogP contribution in [-0.4, -0.2) is 49.6 Å². The summed E-state index contributed by atoms with van der Waals surface area (Å²) in [6, 6.07) is 6.30. The van der Waals surface area contributed by atoms with Gasteiger partial charge in [-0.3, -0.25) is 10.00 Å². The number of aromatic amines is 1. The average molecular weight is 298 g/mol. The predicted octanol–water partition coefficient (Wildman–Crippen LogP) is 1.26. The van der Waals surface area contributed by atoms with Crippen molar-refractivity contribution in [3.05, 3.63) is 42.1 Å². The van der Waals surface area contributed by atoms with Gasteiger partial charge in [0.2, 0.25) is 0 Å². The molecule has 1 unspecified atom stereocenters. The van der Waals surface area contributed by atoms with Crippen LogP contribution in [0.2, 0.25) is 0 Å². The van der Waals surface area contributed by atoms with E-state index in [1.807, 2.05) is 17.8 Å². The molecule has 4 rings (SSSR count). The second-order valence-corrected chi connectivity index (χ2v) is 5.65. The highest BCUT2D eigenvalue weighted by molar-refractivity contribution is 5.81. The highest BCUT2D eigenvalue weighted by Crippen LogP contribution is 2.23. The zero-order valence-corrected chi connectivity index (χ0v) is 12.4. The summed E-state index contributed by atoms with van der Waals surface area (Å²) < 4.78 is 7.78. The lowest BCUT2D eigenvalue weighted by molar-refractivity contribution is -0.0384. The van der Waals surface area contributed by atoms with Gasteiger partial charge in [0.15, 0.2) is 5.82 Å². The molecule has 0 aliphatic carbocycles. The highest BCUT2D eigenvalue weighted by Gasteiger charge is 2.25. The fourth-order valence-electron chi connectivity index (χ4n) is 2.99. The number of benzene rings is 1. The Labute approximate surface area is 127 Å². The maximum atomic E-state index is 5.86. The largest absolute Gasteiger partial charge is 0.368 e. The number of nitrogens with one attached hydrogen (secondary N) is 1. The topological polar surface area (TPSA) is 71.9 Å². The lowest BCUT2D eigenvalue weighted by atomic mass is 10.1. The molecule has 1 aliphatic heterocycles. The molecule has 1 fully saturated rings. The number of aryl methyl sites for hydroxylation is 1. The molecule has 0 radical (unpaired) electrons. The van der Waals surface area contributed by atoms with Gasteiger partial charge in [-0.15, -0.1) is 10.2 Å². The second kappa shape index (κ2) is 5.51. The van der Waals surface area contributed by atoms with Gasteiger partial charge in [-0.2, -0.15) is 5.10 Å². The van der Waals surface area contributed by atoms with Crippen LogP contribution in [0.15, 0.2) is 30.7 Å². The van der Waals surface area contributed by atoms with Gasteiger partial charge in [-0.25, -0.2) is 0 Å². The number of para-hydroxylation sites is 1. The molecule has 1 saturated heterocycles. The Kier molecular flexibility index (Phi) is 3.36. The van der Waals surface area contributed by atoms with Crippen LogP contribution < -0.4 is 0 Å². The maximum Gasteiger partial charge on any atom is 0.163 e. The van der Waals surface area contributed by atoms with Crippen molar-refractivity contribution in [1.82, 2.24) is 29.9 Å². The van der Waals surface area contributed by atoms with E-state index in [2.05, 4.69) is 43.5 Å². The number of nitrogens with zero attached hydrogens (tertiary/aromatic N) is 5. The van der Waals surface area contributed by atoms with Crippen molar-refractivity contribution in [3.63, 3.8) is 0 Å². The van der Waals surface area contributed by atoms with E-state index in [1.165, 1.54) is 5.56 Å². The molecule has 22 heavy (non-hydrogen) atoms. The van der Waals surface area contributed by atoms with Crippen molar-refractivity contribution >= 4 is 10.9 Å². The zero-order chi connectivity index (χ0) is 14.9. The summed E-state index contributed by atoms with van der Waals surface area (Å²) in [6.45, 7) is 3.31. The molecule has 0 spiro atoms. The van der Waals surface area contributed by atoms with Crippen LogP contribution in [-0.2, 0) is 18.3 Å². The highest BCUT2D eigenvalue weighted by atomic mass is 16.5. The molecule has 7 heteroatoms. The molecule has 7 nitrogen and oxygen atoms in total. The van der Waals surface area contributed by atoms with Crippen molar-refractivity contribution in [3.8, 4) is 0 Å². The minimum atomic E-state index is -0.0257. The van der Waals surface area contributed by atoms with Crippen LogP contribution in [0.1, 0.15) is 17.5 Å². The molecule has 1 N–H and O–H groups in total. The molecule has 0 bridgehead atoms. The lowest BCUT2D eigenvalue weighted by Gasteiger charge is -2.32. The van der Waals surface area contributed by atoms with E-state index >= 15 is 0 Å². The molecule has 1 aromatic carbocycles. The van der Waals surface area contributed by atoms with Crippen LogP contribution in [0, 0.1) is 0 Å². The van der Waals surface area contributed by atoms with Gasteiger partial charge < -0.3 is 9.30 Å². The minimum absolute atomic E-state index is 0.0257. The predicted molar refractivity (Wildman–Crippen MR) is 81.1 cm³/mol. The summed E-state index contributed by atoms with van der Waals surface area (Å²) in [5.74, 6) is 0.879. The standard InChI is InChI=1S/C15H18N6O/c1-20-10-17-19-15(20)13-9-21(5-6-22-13)8-12-4-2-3-11-7-16-18-14(11)12/h2-4,7,10,13H,5-6,8-9H2,1H3,(H,16,18). The minimum Gasteiger partial charge on any atom is -0.368 e. The van der Waals surface area contributed by atoms with Crippen molar-refractivity contribution in [2.45, 2.75) is 12.6 Å². The number of aromatic nitrogens is 5. The molecule has 3 heterocycles. The quantitative estimate of drug-likeness (QED) is 0.788. The Morgan fingerprint density at radius 1 is 1.41 bits per heavy atom. The van der Waals surface area contributed by atoms with Crippen molar-refractivity contribution in [2.75, 3.05) is 19.7 Å². The third kappa shape index (κ3) is 2.38. The lowest BCUT2D eigenvalue weighted by Crippen LogP contribution is -2.38. The molecule has 1 aliphatic rings. The molecular weight excluding hydrogens is 280 g/mol. The van der Waals surface area contributed by atoms with E-state index in [0.29, 0.717) is 6.61 Å². The molecule has 1 atom stereocenters. The summed E-state index contributed by atoms with van der Waals surface area (Å²) in [4.78, 5) is 2.39. The van der Waals surface area contributed by atoms with E-state index in [1.54, 1.807) is 6.33 Å². The molecular formula is C15H18N6O. The molecule has 3 aromatic rings. The Bertz CT molecular complexity index is 779. The smallest absolute Gasteiger partial charge is 0.163 e. The zero-order valence-electron chi connectivity index (χ0n) is 12.4. The van der Waals surface area contributed by atoms with Gasteiger partial charge in [0.05, 0.1) is 18.3 Å². The van der Waals surface area contributed by atoms with Gasteiger partial charge in [0.1, 0.15) is 12.4 Å². The summed E-state index contributed by atoms with van der Waals surface area (Å²) in [7, 11) is 1.95. The third-order valence-electron chi connectivity index (χ3n) is 4.14. The number of ether oxygens (including phenoxy) is 1. The van der Waals surface area contributed by atoms with E-state index in [9.17, 15) is 0 Å². The summed E-state index contributed by atoms with van der Waals surface area (Å²) in [5, 5.41) is 16.5. The van der Waals surface area contributed by atoms with Crippen molar-refractivity contribution < 1.29 is 4.74 Å². The Balaban J connectivity index is 1.53. The SMILES string of the molecule is Cn1cnnc1C1CN(Cc2cccc3cn[nH]c23)CCO1. The number of rotatable bonds is 3. The second-order valence-electron chi connectivity index (χ2n) is 5.65.